The van der Waals surface area contributed by atoms with Crippen LogP contribution in [-0.4, -0.2) is 23.3 Å². The Labute approximate surface area is 411 Å². The van der Waals surface area contributed by atoms with Crippen molar-refractivity contribution in [3.63, 3.8) is 0 Å². The van der Waals surface area contributed by atoms with Gasteiger partial charge in [-0.1, -0.05) is 143 Å². The van der Waals surface area contributed by atoms with Crippen molar-refractivity contribution in [1.82, 2.24) is 4.90 Å². The fourth-order valence-corrected chi connectivity index (χ4v) is 16.0. The minimum atomic E-state index is -0.275. The molecule has 348 valence electrons. The molecule has 7 nitrogen and oxygen atoms in total. The fraction of sp³-hybridized carbons (Fsp3) is 0.556. The van der Waals surface area contributed by atoms with Crippen molar-refractivity contribution in [3.05, 3.63) is 60.2 Å². The van der Waals surface area contributed by atoms with Gasteiger partial charge in [0.1, 0.15) is 35.4 Å². The van der Waals surface area contributed by atoms with Crippen LogP contribution in [0.3, 0.4) is 0 Å². The molecule has 66 heavy (non-hydrogen) atoms. The number of carbonyl (C=O) groups is 2. The van der Waals surface area contributed by atoms with Gasteiger partial charge in [-0.3, -0.25) is 14.5 Å². The van der Waals surface area contributed by atoms with E-state index in [1.165, 1.54) is 100 Å². The molecular formula is C54H65N5O2S5. The molecule has 5 aromatic rings. The monoisotopic (exact) mass is 975 g/mol. The number of hydrogen-bond acceptors (Lipinski definition) is 11. The average Bonchev–Trinajstić information content (AvgIpc) is 4.18. The Morgan fingerprint density at radius 2 is 0.848 bits per heavy atom. The van der Waals surface area contributed by atoms with Crippen molar-refractivity contribution < 1.29 is 9.59 Å². The predicted octanol–water partition coefficient (Wildman–Crippen LogP) is 15.2. The fourth-order valence-electron chi connectivity index (χ4n) is 9.28. The summed E-state index contributed by atoms with van der Waals surface area (Å²) in [5.41, 5.74) is 0.903. The minimum absolute atomic E-state index is 0.0470. The number of hydrogen-bond donors (Lipinski definition) is 0. The minimum Gasteiger partial charge on any atom is -0.274 e. The van der Waals surface area contributed by atoms with Gasteiger partial charge in [0.05, 0.1) is 47.7 Å². The van der Waals surface area contributed by atoms with Gasteiger partial charge in [0.15, 0.2) is 0 Å². The average molecular weight is 976 g/mol. The van der Waals surface area contributed by atoms with Gasteiger partial charge in [-0.2, -0.15) is 21.0 Å². The Bertz CT molecular complexity index is 2760. The van der Waals surface area contributed by atoms with Crippen LogP contribution < -0.4 is 9.06 Å². The highest BCUT2D eigenvalue weighted by Gasteiger charge is 2.40. The molecule has 2 amide bonds. The molecule has 0 atom stereocenters. The van der Waals surface area contributed by atoms with Gasteiger partial charge < -0.3 is 0 Å². The SMILES string of the molecule is CCCCCCCCC(CCCCCCCC)CN1C(=O)c2c(/c(=c3\sc(=C(C#N)C#N)c4sc(CCCCCC)cc34)s/c2=c2\sc(=C(C#N)C#N)c3sc(CCCCCC)cc23)C1=O. The maximum atomic E-state index is 15.2. The van der Waals surface area contributed by atoms with Crippen LogP contribution in [0.1, 0.15) is 199 Å². The standard InChI is InChI=1S/C54H65N5O2S5/c1-5-9-13-17-19-21-25-36(26-22-20-18-14-10-6-2)35-59-53(60)43-44(54(59)61)52(50-42-30-40(28-24-16-12-8-4)63-48(42)46(65-50)38(33-57)34-58)66-51(43)49-41-29-39(27-23-15-11-7-3)62-47(41)45(64-49)37(31-55)32-56/h29-30,36H,5-28,35H2,1-4H3/b51-49-,52-50+. The molecular weight excluding hydrogens is 911 g/mol. The summed E-state index contributed by atoms with van der Waals surface area (Å²) in [4.78, 5) is 34.4. The van der Waals surface area contributed by atoms with Crippen molar-refractivity contribution in [3.8, 4) is 24.3 Å². The van der Waals surface area contributed by atoms with Crippen LogP contribution >= 0.6 is 56.7 Å². The summed E-state index contributed by atoms with van der Waals surface area (Å²) < 4.78 is 5.98. The quantitative estimate of drug-likeness (QED) is 0.0400. The lowest BCUT2D eigenvalue weighted by Crippen LogP contribution is -2.35. The third-order valence-corrected chi connectivity index (χ3v) is 19.6. The van der Waals surface area contributed by atoms with E-state index in [2.05, 4.69) is 64.1 Å². The largest absolute Gasteiger partial charge is 0.274 e. The maximum absolute atomic E-state index is 15.2. The lowest BCUT2D eigenvalue weighted by atomic mass is 9.93. The zero-order valence-corrected chi connectivity index (χ0v) is 43.6. The maximum Gasteiger partial charge on any atom is 0.263 e. The van der Waals surface area contributed by atoms with Gasteiger partial charge >= 0.3 is 0 Å². The van der Waals surface area contributed by atoms with E-state index in [4.69, 9.17) is 0 Å². The van der Waals surface area contributed by atoms with Crippen molar-refractivity contribution in [1.29, 1.82) is 21.0 Å². The molecule has 1 aliphatic heterocycles. The molecule has 0 spiro atoms. The van der Waals surface area contributed by atoms with Gasteiger partial charge in [0.25, 0.3) is 11.8 Å². The number of amides is 2. The van der Waals surface area contributed by atoms with Crippen LogP contribution in [0.5, 0.6) is 0 Å². The third kappa shape index (κ3) is 11.9. The van der Waals surface area contributed by atoms with Crippen LogP contribution in [0, 0.1) is 69.4 Å². The Kier molecular flexibility index (Phi) is 20.1. The van der Waals surface area contributed by atoms with Crippen LogP contribution in [0.2, 0.25) is 0 Å². The van der Waals surface area contributed by atoms with Gasteiger partial charge in [-0.25, -0.2) is 0 Å². The molecule has 0 bridgehead atoms. The van der Waals surface area contributed by atoms with Crippen LogP contribution in [0.25, 0.3) is 31.3 Å². The zero-order valence-electron chi connectivity index (χ0n) is 39.5. The molecule has 12 heteroatoms. The number of unbranched alkanes of at least 4 members (excludes halogenated alkanes) is 16. The van der Waals surface area contributed by atoms with Crippen LogP contribution in [0.15, 0.2) is 12.1 Å². The van der Waals surface area contributed by atoms with Crippen molar-refractivity contribution in [2.75, 3.05) is 6.54 Å². The van der Waals surface area contributed by atoms with E-state index < -0.39 is 0 Å². The molecule has 0 N–H and O–H groups in total. The molecule has 0 saturated heterocycles. The predicted molar refractivity (Wildman–Crippen MR) is 278 cm³/mol. The lowest BCUT2D eigenvalue weighted by Gasteiger charge is -2.23. The molecule has 1 aliphatic rings. The number of rotatable bonds is 26. The molecule has 0 fully saturated rings. The van der Waals surface area contributed by atoms with Gasteiger partial charge in [0, 0.05) is 27.1 Å². The highest BCUT2D eigenvalue weighted by Crippen LogP contribution is 2.39. The molecule has 0 saturated carbocycles. The van der Waals surface area contributed by atoms with Gasteiger partial charge in [-0.15, -0.1) is 56.7 Å². The highest BCUT2D eigenvalue weighted by atomic mass is 32.1. The first kappa shape index (κ1) is 51.3. The van der Waals surface area contributed by atoms with Crippen molar-refractivity contribution >= 4 is 99.8 Å². The van der Waals surface area contributed by atoms with E-state index in [1.54, 1.807) is 22.7 Å². The summed E-state index contributed by atoms with van der Waals surface area (Å²) in [7, 11) is 0. The number of nitrogens with zero attached hydrogens (tertiary/aromatic N) is 5. The number of aryl methyl sites for hydroxylation is 2. The smallest absolute Gasteiger partial charge is 0.263 e. The Morgan fingerprint density at radius 1 is 0.485 bits per heavy atom. The first-order chi connectivity index (χ1) is 32.3. The van der Waals surface area contributed by atoms with Gasteiger partial charge in [-0.05, 0) is 56.6 Å². The summed E-state index contributed by atoms with van der Waals surface area (Å²) in [5, 5.41) is 42.6. The lowest BCUT2D eigenvalue weighted by molar-refractivity contribution is 0.0621. The molecule has 0 unspecified atom stereocenters. The van der Waals surface area contributed by atoms with E-state index in [0.29, 0.717) is 35.8 Å². The summed E-state index contributed by atoms with van der Waals surface area (Å²) in [6.07, 6.45) is 26.9. The van der Waals surface area contributed by atoms with E-state index in [9.17, 15) is 21.0 Å². The third-order valence-electron chi connectivity index (χ3n) is 12.9. The molecule has 0 aromatic carbocycles. The first-order valence-electron chi connectivity index (χ1n) is 24.8. The van der Waals surface area contributed by atoms with Crippen LogP contribution in [-0.2, 0) is 12.8 Å². The molecule has 0 radical (unpaired) electrons. The Morgan fingerprint density at radius 3 is 1.23 bits per heavy atom. The summed E-state index contributed by atoms with van der Waals surface area (Å²) in [6, 6.07) is 12.9. The number of thiophene rings is 5. The van der Waals surface area contributed by atoms with Crippen molar-refractivity contribution in [2.45, 2.75) is 182 Å². The first-order valence-corrected chi connectivity index (χ1v) is 28.9. The zero-order chi connectivity index (χ0) is 47.0. The topological polar surface area (TPSA) is 133 Å². The number of carbonyl (C=O) groups excluding carboxylic acids is 2. The van der Waals surface area contributed by atoms with Gasteiger partial charge in [0.2, 0.25) is 0 Å². The Balaban J connectivity index is 1.61. The number of imide groups is 1. The molecule has 0 aliphatic carbocycles. The summed E-state index contributed by atoms with van der Waals surface area (Å²) in [5.74, 6) is -0.355. The summed E-state index contributed by atoms with van der Waals surface area (Å²) >= 11 is 7.43. The van der Waals surface area contributed by atoms with Crippen LogP contribution in [0.4, 0.5) is 0 Å². The molecule has 6 heterocycles. The van der Waals surface area contributed by atoms with Crippen molar-refractivity contribution in [2.24, 2.45) is 5.92 Å². The molecule has 5 aromatic heterocycles. The highest BCUT2D eigenvalue weighted by molar-refractivity contribution is 7.24. The molecule has 6 rings (SSSR count). The second kappa shape index (κ2) is 25.8. The second-order valence-electron chi connectivity index (χ2n) is 18.0. The summed E-state index contributed by atoms with van der Waals surface area (Å²) in [6.45, 7) is 9.24. The number of nitriles is 4. The second-order valence-corrected chi connectivity index (χ2v) is 23.3. The van der Waals surface area contributed by atoms with E-state index >= 15 is 9.59 Å². The van der Waals surface area contributed by atoms with E-state index in [0.717, 1.165) is 132 Å². The van der Waals surface area contributed by atoms with E-state index in [1.807, 2.05) is 0 Å². The Hall–Kier alpha value is -4.14. The number of fused-ring (bicyclic) bond motifs is 3. The van der Waals surface area contributed by atoms with E-state index in [-0.39, 0.29) is 28.9 Å². The normalized spacial score (nSPS) is 13.4.